The van der Waals surface area contributed by atoms with Crippen molar-refractivity contribution in [3.63, 3.8) is 0 Å². The maximum Gasteiger partial charge on any atom is 0.407 e. The molecule has 0 spiro atoms. The van der Waals surface area contributed by atoms with E-state index in [4.69, 9.17) is 25.8 Å². The van der Waals surface area contributed by atoms with Crippen molar-refractivity contribution in [1.82, 2.24) is 25.5 Å². The van der Waals surface area contributed by atoms with Gasteiger partial charge < -0.3 is 19.5 Å². The number of carbonyl (C=O) groups excluding carboxylic acids is 2. The summed E-state index contributed by atoms with van der Waals surface area (Å²) in [6, 6.07) is 10.2. The van der Waals surface area contributed by atoms with E-state index in [2.05, 4.69) is 20.7 Å². The van der Waals surface area contributed by atoms with Crippen molar-refractivity contribution in [3.8, 4) is 22.9 Å². The molecule has 0 saturated carbocycles. The Labute approximate surface area is 225 Å². The van der Waals surface area contributed by atoms with E-state index in [0.29, 0.717) is 22.9 Å². The third-order valence-electron chi connectivity index (χ3n) is 4.63. The monoisotopic (exact) mass is 547 g/mol. The Morgan fingerprint density at radius 3 is 2.24 bits per heavy atom. The second-order valence-corrected chi connectivity index (χ2v) is 10.9. The van der Waals surface area contributed by atoms with E-state index in [1.54, 1.807) is 65.8 Å². The number of halogens is 2. The van der Waals surface area contributed by atoms with Gasteiger partial charge in [-0.25, -0.2) is 9.18 Å². The average molecular weight is 548 g/mol. The van der Waals surface area contributed by atoms with E-state index >= 15 is 0 Å². The maximum atomic E-state index is 13.4. The minimum Gasteiger partial charge on any atom is -0.460 e. The summed E-state index contributed by atoms with van der Waals surface area (Å²) in [4.78, 5) is 26.1. The van der Waals surface area contributed by atoms with Gasteiger partial charge in [0, 0.05) is 11.6 Å². The summed E-state index contributed by atoms with van der Waals surface area (Å²) in [5, 5.41) is 15.1. The van der Waals surface area contributed by atoms with E-state index in [-0.39, 0.29) is 18.0 Å². The molecule has 0 aliphatic heterocycles. The topological polar surface area (TPSA) is 117 Å². The third-order valence-corrected chi connectivity index (χ3v) is 4.92. The molecule has 0 saturated heterocycles. The van der Waals surface area contributed by atoms with E-state index < -0.39 is 35.1 Å². The van der Waals surface area contributed by atoms with E-state index in [1.165, 1.54) is 23.0 Å². The first-order chi connectivity index (χ1) is 17.7. The SMILES string of the molecule is CC(C)(C)OC(=O)CC(Cn1nnc(-c2ccc(Oc3ccc(F)c(Cl)c3)cc2)n1)NC(=O)OC(C)(C)C. The van der Waals surface area contributed by atoms with Crippen LogP contribution in [0, 0.1) is 5.82 Å². The largest absolute Gasteiger partial charge is 0.460 e. The lowest BCUT2D eigenvalue weighted by Gasteiger charge is -2.24. The summed E-state index contributed by atoms with van der Waals surface area (Å²) in [5.41, 5.74) is -0.729. The van der Waals surface area contributed by atoms with Crippen molar-refractivity contribution in [2.75, 3.05) is 0 Å². The van der Waals surface area contributed by atoms with Crippen LogP contribution in [0.2, 0.25) is 5.02 Å². The Morgan fingerprint density at radius 2 is 1.63 bits per heavy atom. The number of ether oxygens (including phenoxy) is 3. The highest BCUT2D eigenvalue weighted by Crippen LogP contribution is 2.27. The van der Waals surface area contributed by atoms with Crippen LogP contribution in [0.5, 0.6) is 11.5 Å². The summed E-state index contributed by atoms with van der Waals surface area (Å²) >= 11 is 5.80. The predicted molar refractivity (Wildman–Crippen MR) is 138 cm³/mol. The summed E-state index contributed by atoms with van der Waals surface area (Å²) < 4.78 is 29.8. The molecule has 2 aromatic carbocycles. The molecular formula is C26H31ClFN5O5. The normalized spacial score (nSPS) is 12.5. The van der Waals surface area contributed by atoms with Gasteiger partial charge in [0.25, 0.3) is 0 Å². The van der Waals surface area contributed by atoms with E-state index in [1.807, 2.05) is 0 Å². The number of carbonyl (C=O) groups is 2. The van der Waals surface area contributed by atoms with Gasteiger partial charge in [-0.05, 0) is 83.2 Å². The predicted octanol–water partition coefficient (Wildman–Crippen LogP) is 5.55. The number of aromatic nitrogens is 4. The molecule has 204 valence electrons. The van der Waals surface area contributed by atoms with Crippen molar-refractivity contribution >= 4 is 23.7 Å². The van der Waals surface area contributed by atoms with Gasteiger partial charge in [0.05, 0.1) is 24.0 Å². The Hall–Kier alpha value is -3.73. The van der Waals surface area contributed by atoms with Gasteiger partial charge in [-0.3, -0.25) is 4.79 Å². The fourth-order valence-corrected chi connectivity index (χ4v) is 3.37. The van der Waals surface area contributed by atoms with Crippen LogP contribution in [0.3, 0.4) is 0 Å². The van der Waals surface area contributed by atoms with Gasteiger partial charge in [0.2, 0.25) is 5.82 Å². The van der Waals surface area contributed by atoms with Crippen LogP contribution >= 0.6 is 11.6 Å². The zero-order valence-corrected chi connectivity index (χ0v) is 22.9. The zero-order valence-electron chi connectivity index (χ0n) is 22.1. The van der Waals surface area contributed by atoms with Gasteiger partial charge in [-0.15, -0.1) is 10.2 Å². The molecule has 1 heterocycles. The molecule has 3 rings (SSSR count). The van der Waals surface area contributed by atoms with Crippen molar-refractivity contribution in [1.29, 1.82) is 0 Å². The molecule has 1 aromatic heterocycles. The number of hydrogen-bond acceptors (Lipinski definition) is 8. The van der Waals surface area contributed by atoms with Gasteiger partial charge in [-0.2, -0.15) is 4.80 Å². The first-order valence-corrected chi connectivity index (χ1v) is 12.3. The second kappa shape index (κ2) is 11.8. The van der Waals surface area contributed by atoms with Crippen LogP contribution in [0.1, 0.15) is 48.0 Å². The standard InChI is InChI=1S/C26H31ClFN5O5/c1-25(2,3)37-22(34)13-17(29-24(35)38-26(4,5)6)15-33-31-23(30-32-33)16-7-9-18(10-8-16)36-19-11-12-21(28)20(27)14-19/h7-12,14,17H,13,15H2,1-6H3,(H,29,35). The lowest BCUT2D eigenvalue weighted by molar-refractivity contribution is -0.155. The third kappa shape index (κ3) is 9.29. The molecular weight excluding hydrogens is 517 g/mol. The smallest absolute Gasteiger partial charge is 0.407 e. The lowest BCUT2D eigenvalue weighted by Crippen LogP contribution is -2.43. The van der Waals surface area contributed by atoms with Crippen LogP contribution in [0.25, 0.3) is 11.4 Å². The minimum atomic E-state index is -0.710. The molecule has 12 heteroatoms. The molecule has 1 unspecified atom stereocenters. The number of tetrazole rings is 1. The van der Waals surface area contributed by atoms with E-state index in [0.717, 1.165) is 0 Å². The van der Waals surface area contributed by atoms with Crippen LogP contribution in [0.4, 0.5) is 9.18 Å². The molecule has 3 aromatic rings. The van der Waals surface area contributed by atoms with Gasteiger partial charge >= 0.3 is 12.1 Å². The summed E-state index contributed by atoms with van der Waals surface area (Å²) in [6.07, 6.45) is -0.795. The first kappa shape index (κ1) is 28.8. The maximum absolute atomic E-state index is 13.4. The summed E-state index contributed by atoms with van der Waals surface area (Å²) in [7, 11) is 0. The van der Waals surface area contributed by atoms with Crippen molar-refractivity contribution in [2.24, 2.45) is 0 Å². The fraction of sp³-hybridized carbons (Fsp3) is 0.423. The van der Waals surface area contributed by atoms with Crippen molar-refractivity contribution < 1.29 is 28.2 Å². The highest BCUT2D eigenvalue weighted by atomic mass is 35.5. The highest BCUT2D eigenvalue weighted by Gasteiger charge is 2.25. The molecule has 0 aliphatic rings. The average Bonchev–Trinajstić information content (AvgIpc) is 3.22. The number of hydrogen-bond donors (Lipinski definition) is 1. The molecule has 0 bridgehead atoms. The number of alkyl carbamates (subject to hydrolysis) is 1. The molecule has 0 fully saturated rings. The van der Waals surface area contributed by atoms with E-state index in [9.17, 15) is 14.0 Å². The number of esters is 1. The molecule has 1 atom stereocenters. The lowest BCUT2D eigenvalue weighted by atomic mass is 10.1. The number of benzene rings is 2. The number of amides is 1. The Bertz CT molecular complexity index is 1240. The fourth-order valence-electron chi connectivity index (χ4n) is 3.20. The summed E-state index contributed by atoms with van der Waals surface area (Å²) in [5.74, 6) is 0.203. The quantitative estimate of drug-likeness (QED) is 0.365. The minimum absolute atomic E-state index is 0.0361. The van der Waals surface area contributed by atoms with Crippen molar-refractivity contribution in [3.05, 3.63) is 53.3 Å². The van der Waals surface area contributed by atoms with Gasteiger partial charge in [0.15, 0.2) is 0 Å². The highest BCUT2D eigenvalue weighted by molar-refractivity contribution is 6.30. The number of rotatable bonds is 8. The Balaban J connectivity index is 1.69. The molecule has 1 amide bonds. The van der Waals surface area contributed by atoms with Crippen LogP contribution in [0.15, 0.2) is 42.5 Å². The van der Waals surface area contributed by atoms with Gasteiger partial charge in [-0.1, -0.05) is 11.6 Å². The molecule has 1 N–H and O–H groups in total. The molecule has 0 aliphatic carbocycles. The molecule has 0 radical (unpaired) electrons. The van der Waals surface area contributed by atoms with Crippen LogP contribution < -0.4 is 10.1 Å². The zero-order chi connectivity index (χ0) is 28.1. The second-order valence-electron chi connectivity index (χ2n) is 10.5. The Kier molecular flexibility index (Phi) is 8.93. The van der Waals surface area contributed by atoms with Crippen LogP contribution in [-0.2, 0) is 20.8 Å². The van der Waals surface area contributed by atoms with Crippen molar-refractivity contribution in [2.45, 2.75) is 71.8 Å². The molecule has 10 nitrogen and oxygen atoms in total. The Morgan fingerprint density at radius 1 is 1.00 bits per heavy atom. The van der Waals surface area contributed by atoms with Crippen LogP contribution in [-0.4, -0.2) is 49.5 Å². The number of nitrogens with one attached hydrogen (secondary N) is 1. The first-order valence-electron chi connectivity index (χ1n) is 11.9. The van der Waals surface area contributed by atoms with Gasteiger partial charge in [0.1, 0.15) is 28.5 Å². The summed E-state index contributed by atoms with van der Waals surface area (Å²) in [6.45, 7) is 10.6. The molecule has 38 heavy (non-hydrogen) atoms. The number of nitrogens with zero attached hydrogens (tertiary/aromatic N) is 4.